The fourth-order valence-corrected chi connectivity index (χ4v) is 2.87. The van der Waals surface area contributed by atoms with Crippen LogP contribution in [0.3, 0.4) is 0 Å². The second kappa shape index (κ2) is 11.1. The molecule has 0 heterocycles. The average molecular weight is 480 g/mol. The van der Waals surface area contributed by atoms with Crippen LogP contribution < -0.4 is 25.0 Å². The van der Waals surface area contributed by atoms with E-state index in [2.05, 4.69) is 31.8 Å². The van der Waals surface area contributed by atoms with E-state index in [1.54, 1.807) is 31.2 Å². The molecule has 0 saturated carbocycles. The second-order valence-electron chi connectivity index (χ2n) is 5.82. The van der Waals surface area contributed by atoms with Crippen LogP contribution in [0.2, 0.25) is 0 Å². The van der Waals surface area contributed by atoms with Crippen molar-refractivity contribution in [2.45, 2.75) is 6.92 Å². The molecule has 3 N–H and O–H groups in total. The maximum absolute atomic E-state index is 12.2. The molecule has 0 aromatic heterocycles. The van der Waals surface area contributed by atoms with E-state index in [1.165, 1.54) is 26.5 Å². The van der Waals surface area contributed by atoms with Crippen molar-refractivity contribution in [1.29, 1.82) is 0 Å². The number of phenols is 1. The van der Waals surface area contributed by atoms with E-state index in [0.29, 0.717) is 39.5 Å². The number of phenolic OH excluding ortho intramolecular Hbond substituents is 1. The van der Waals surface area contributed by atoms with E-state index in [4.69, 9.17) is 14.2 Å². The lowest BCUT2D eigenvalue weighted by molar-refractivity contribution is -0.120. The van der Waals surface area contributed by atoms with Crippen LogP contribution in [0.1, 0.15) is 22.8 Å². The van der Waals surface area contributed by atoms with Crippen LogP contribution >= 0.6 is 15.9 Å². The number of carbonyl (C=O) groups is 2. The van der Waals surface area contributed by atoms with Gasteiger partial charge in [0.25, 0.3) is 11.8 Å². The van der Waals surface area contributed by atoms with Gasteiger partial charge in [0, 0.05) is 15.6 Å². The lowest BCUT2D eigenvalue weighted by Crippen LogP contribution is -2.34. The third-order valence-corrected chi connectivity index (χ3v) is 4.27. The summed E-state index contributed by atoms with van der Waals surface area (Å²) >= 11 is 3.32. The van der Waals surface area contributed by atoms with E-state index >= 15 is 0 Å². The SMILES string of the molecule is CCOc1cc(Br)cc(/C=N/NC(=O)CNC(=O)c2ccc(OC)c(OC)c2)c1O. The average Bonchev–Trinajstić information content (AvgIpc) is 2.74. The smallest absolute Gasteiger partial charge is 0.259 e. The first-order valence-corrected chi connectivity index (χ1v) is 9.66. The van der Waals surface area contributed by atoms with Crippen molar-refractivity contribution in [3.05, 3.63) is 45.9 Å². The second-order valence-corrected chi connectivity index (χ2v) is 6.74. The van der Waals surface area contributed by atoms with Gasteiger partial charge in [0.1, 0.15) is 0 Å². The molecule has 0 atom stereocenters. The van der Waals surface area contributed by atoms with Gasteiger partial charge < -0.3 is 24.6 Å². The number of rotatable bonds is 9. The Morgan fingerprint density at radius 3 is 2.53 bits per heavy atom. The number of aromatic hydroxyl groups is 1. The van der Waals surface area contributed by atoms with E-state index in [-0.39, 0.29) is 12.3 Å². The summed E-state index contributed by atoms with van der Waals surface area (Å²) in [5, 5.41) is 16.4. The van der Waals surface area contributed by atoms with Crippen LogP contribution in [0.15, 0.2) is 39.9 Å². The molecule has 0 aliphatic carbocycles. The van der Waals surface area contributed by atoms with Gasteiger partial charge >= 0.3 is 0 Å². The Labute approximate surface area is 182 Å². The number of nitrogens with zero attached hydrogens (tertiary/aromatic N) is 1. The molecule has 30 heavy (non-hydrogen) atoms. The summed E-state index contributed by atoms with van der Waals surface area (Å²) in [5.41, 5.74) is 2.94. The molecule has 0 spiro atoms. The Morgan fingerprint density at radius 1 is 1.13 bits per heavy atom. The first-order valence-electron chi connectivity index (χ1n) is 8.87. The predicted octanol–water partition coefficient (Wildman–Crippen LogP) is 2.45. The summed E-state index contributed by atoms with van der Waals surface area (Å²) in [6, 6.07) is 7.90. The van der Waals surface area contributed by atoms with Crippen LogP contribution in [0.25, 0.3) is 0 Å². The van der Waals surface area contributed by atoms with E-state index in [9.17, 15) is 14.7 Å². The van der Waals surface area contributed by atoms with Gasteiger partial charge in [-0.15, -0.1) is 0 Å². The van der Waals surface area contributed by atoms with Gasteiger partial charge in [0.2, 0.25) is 0 Å². The normalized spacial score (nSPS) is 10.5. The summed E-state index contributed by atoms with van der Waals surface area (Å²) in [5.74, 6) is 0.0891. The monoisotopic (exact) mass is 479 g/mol. The van der Waals surface area contributed by atoms with Gasteiger partial charge in [-0.1, -0.05) is 15.9 Å². The number of methoxy groups -OCH3 is 2. The van der Waals surface area contributed by atoms with E-state index in [0.717, 1.165) is 0 Å². The number of hydrogen-bond acceptors (Lipinski definition) is 7. The number of hydrogen-bond donors (Lipinski definition) is 3. The molecule has 2 aromatic carbocycles. The minimum atomic E-state index is -0.542. The van der Waals surface area contributed by atoms with Gasteiger partial charge in [-0.3, -0.25) is 9.59 Å². The molecule has 0 unspecified atom stereocenters. The van der Waals surface area contributed by atoms with Crippen LogP contribution in [0.4, 0.5) is 0 Å². The number of benzene rings is 2. The van der Waals surface area contributed by atoms with E-state index in [1.807, 2.05) is 0 Å². The molecule has 2 aromatic rings. The maximum atomic E-state index is 12.2. The van der Waals surface area contributed by atoms with Gasteiger partial charge in [-0.2, -0.15) is 5.10 Å². The molecule has 160 valence electrons. The Bertz CT molecular complexity index is 948. The highest BCUT2D eigenvalue weighted by Gasteiger charge is 2.12. The van der Waals surface area contributed by atoms with Crippen molar-refractivity contribution in [3.63, 3.8) is 0 Å². The highest BCUT2D eigenvalue weighted by molar-refractivity contribution is 9.10. The molecular weight excluding hydrogens is 458 g/mol. The molecule has 0 aliphatic rings. The number of carbonyl (C=O) groups excluding carboxylic acids is 2. The largest absolute Gasteiger partial charge is 0.504 e. The fraction of sp³-hybridized carbons (Fsp3) is 0.250. The Balaban J connectivity index is 1.93. The molecule has 0 radical (unpaired) electrons. The maximum Gasteiger partial charge on any atom is 0.259 e. The zero-order chi connectivity index (χ0) is 22.1. The highest BCUT2D eigenvalue weighted by atomic mass is 79.9. The molecule has 9 nitrogen and oxygen atoms in total. The van der Waals surface area contributed by atoms with Crippen molar-refractivity contribution in [2.24, 2.45) is 5.10 Å². The molecular formula is C20H22BrN3O6. The lowest BCUT2D eigenvalue weighted by Gasteiger charge is -2.10. The van der Waals surface area contributed by atoms with Crippen LogP contribution in [-0.4, -0.2) is 50.5 Å². The molecule has 0 saturated heterocycles. The molecule has 2 rings (SSSR count). The first kappa shape index (κ1) is 23.0. The Morgan fingerprint density at radius 2 is 1.87 bits per heavy atom. The van der Waals surface area contributed by atoms with Gasteiger partial charge in [-0.25, -0.2) is 5.43 Å². The van der Waals surface area contributed by atoms with Crippen LogP contribution in [0, 0.1) is 0 Å². The summed E-state index contributed by atoms with van der Waals surface area (Å²) in [7, 11) is 2.96. The molecule has 0 bridgehead atoms. The van der Waals surface area contributed by atoms with Crippen molar-refractivity contribution < 1.29 is 28.9 Å². The quantitative estimate of drug-likeness (QED) is 0.375. The predicted molar refractivity (Wildman–Crippen MR) is 115 cm³/mol. The summed E-state index contributed by atoms with van der Waals surface area (Å²) in [6.45, 7) is 1.89. The third kappa shape index (κ3) is 6.11. The minimum Gasteiger partial charge on any atom is -0.504 e. The van der Waals surface area contributed by atoms with Gasteiger partial charge in [0.05, 0.1) is 33.6 Å². The molecule has 0 aliphatic heterocycles. The van der Waals surface area contributed by atoms with Crippen molar-refractivity contribution in [2.75, 3.05) is 27.4 Å². The Kier molecular flexibility index (Phi) is 8.48. The topological polar surface area (TPSA) is 118 Å². The Hall–Kier alpha value is -3.27. The number of ether oxygens (including phenoxy) is 3. The lowest BCUT2D eigenvalue weighted by atomic mass is 10.2. The summed E-state index contributed by atoms with van der Waals surface area (Å²) in [6.07, 6.45) is 1.27. The fourth-order valence-electron chi connectivity index (χ4n) is 2.41. The molecule has 10 heteroatoms. The number of amides is 2. The van der Waals surface area contributed by atoms with E-state index < -0.39 is 11.8 Å². The molecule has 2 amide bonds. The summed E-state index contributed by atoms with van der Waals surface area (Å²) < 4.78 is 16.3. The standard InChI is InChI=1S/C20H22BrN3O6/c1-4-30-17-9-14(21)7-13(19(17)26)10-23-24-18(25)11-22-20(27)12-5-6-15(28-2)16(8-12)29-3/h5-10,26H,4,11H2,1-3H3,(H,22,27)(H,24,25)/b23-10+. The summed E-state index contributed by atoms with van der Waals surface area (Å²) in [4.78, 5) is 24.1. The first-order chi connectivity index (χ1) is 14.4. The van der Waals surface area contributed by atoms with Gasteiger partial charge in [-0.05, 0) is 37.3 Å². The number of halogens is 1. The van der Waals surface area contributed by atoms with Crippen LogP contribution in [0.5, 0.6) is 23.0 Å². The molecule has 0 fully saturated rings. The van der Waals surface area contributed by atoms with Crippen molar-refractivity contribution >= 4 is 34.0 Å². The van der Waals surface area contributed by atoms with Gasteiger partial charge in [0.15, 0.2) is 23.0 Å². The van der Waals surface area contributed by atoms with Crippen molar-refractivity contribution in [3.8, 4) is 23.0 Å². The zero-order valence-electron chi connectivity index (χ0n) is 16.7. The van der Waals surface area contributed by atoms with Crippen LogP contribution in [-0.2, 0) is 4.79 Å². The number of hydrazone groups is 1. The highest BCUT2D eigenvalue weighted by Crippen LogP contribution is 2.33. The zero-order valence-corrected chi connectivity index (χ0v) is 18.3. The van der Waals surface area contributed by atoms with Crippen molar-refractivity contribution in [1.82, 2.24) is 10.7 Å². The minimum absolute atomic E-state index is 0.0974. The third-order valence-electron chi connectivity index (χ3n) is 3.82. The number of nitrogens with one attached hydrogen (secondary N) is 2.